The molecule has 2 unspecified atom stereocenters. The summed E-state index contributed by atoms with van der Waals surface area (Å²) in [5.41, 5.74) is 1.47. The number of thiophene rings is 1. The monoisotopic (exact) mass is 383 g/mol. The van der Waals surface area contributed by atoms with E-state index in [4.69, 9.17) is 4.98 Å². The number of rotatable bonds is 4. The van der Waals surface area contributed by atoms with E-state index in [0.29, 0.717) is 33.9 Å². The number of pyridine rings is 1. The number of carboxylic acid groups (broad SMARTS) is 1. The molecule has 4 rings (SSSR count). The number of aromatic nitrogens is 3. The van der Waals surface area contributed by atoms with Crippen molar-refractivity contribution in [3.63, 3.8) is 0 Å². The number of aryl methyl sites for hydroxylation is 1. The number of carbonyl (C=O) groups is 1. The van der Waals surface area contributed by atoms with Crippen LogP contribution in [0.1, 0.15) is 43.2 Å². The molecule has 0 saturated carbocycles. The first-order valence-corrected chi connectivity index (χ1v) is 10.0. The maximum Gasteiger partial charge on any atom is 0.326 e. The van der Waals surface area contributed by atoms with Crippen molar-refractivity contribution in [1.29, 1.82) is 0 Å². The quantitative estimate of drug-likeness (QED) is 0.743. The number of fused-ring (bicyclic) bond motifs is 3. The summed E-state index contributed by atoms with van der Waals surface area (Å²) in [6.07, 6.45) is 6.41. The third-order valence-electron chi connectivity index (χ3n) is 5.26. The highest BCUT2D eigenvalue weighted by Crippen LogP contribution is 2.37. The zero-order valence-electron chi connectivity index (χ0n) is 15.3. The summed E-state index contributed by atoms with van der Waals surface area (Å²) in [6.45, 7) is 3.99. The topological polar surface area (TPSA) is 85.1 Å². The smallest absolute Gasteiger partial charge is 0.326 e. The Hall–Kier alpha value is -2.54. The van der Waals surface area contributed by atoms with Crippen LogP contribution in [-0.4, -0.2) is 25.6 Å². The molecule has 0 fully saturated rings. The van der Waals surface area contributed by atoms with Gasteiger partial charge < -0.3 is 5.11 Å². The lowest BCUT2D eigenvalue weighted by atomic mass is 9.89. The van der Waals surface area contributed by atoms with Crippen LogP contribution >= 0.6 is 11.3 Å². The Labute approximate surface area is 160 Å². The predicted octanol–water partition coefficient (Wildman–Crippen LogP) is 3.68. The summed E-state index contributed by atoms with van der Waals surface area (Å²) in [5, 5.41) is 10.3. The highest BCUT2D eigenvalue weighted by molar-refractivity contribution is 7.18. The van der Waals surface area contributed by atoms with Gasteiger partial charge in [0.2, 0.25) is 0 Å². The molecule has 0 radical (unpaired) electrons. The minimum atomic E-state index is -1.02. The molecular weight excluding hydrogens is 362 g/mol. The normalized spacial score (nSPS) is 17.6. The molecule has 0 aliphatic heterocycles. The van der Waals surface area contributed by atoms with Gasteiger partial charge in [-0.3, -0.25) is 14.3 Å². The van der Waals surface area contributed by atoms with Crippen molar-refractivity contribution in [1.82, 2.24) is 14.5 Å². The van der Waals surface area contributed by atoms with E-state index >= 15 is 0 Å². The Kier molecular flexibility index (Phi) is 4.55. The molecule has 140 valence electrons. The average molecular weight is 383 g/mol. The summed E-state index contributed by atoms with van der Waals surface area (Å²) in [6, 6.07) is 2.61. The van der Waals surface area contributed by atoms with Gasteiger partial charge in [0, 0.05) is 22.8 Å². The molecule has 0 spiro atoms. The Morgan fingerprint density at radius 3 is 2.96 bits per heavy atom. The molecule has 0 saturated heterocycles. The van der Waals surface area contributed by atoms with Gasteiger partial charge in [-0.15, -0.1) is 11.3 Å². The summed E-state index contributed by atoms with van der Waals surface area (Å²) in [5.74, 6) is -0.0573. The molecule has 3 heterocycles. The zero-order chi connectivity index (χ0) is 19.1. The fourth-order valence-electron chi connectivity index (χ4n) is 3.86. The molecule has 3 aromatic rings. The molecule has 2 atom stereocenters. The van der Waals surface area contributed by atoms with Crippen LogP contribution in [0.25, 0.3) is 21.6 Å². The van der Waals surface area contributed by atoms with E-state index in [1.165, 1.54) is 9.44 Å². The maximum absolute atomic E-state index is 13.5. The highest BCUT2D eigenvalue weighted by atomic mass is 32.1. The van der Waals surface area contributed by atoms with E-state index < -0.39 is 12.0 Å². The highest BCUT2D eigenvalue weighted by Gasteiger charge is 2.29. The molecule has 7 heteroatoms. The van der Waals surface area contributed by atoms with Crippen molar-refractivity contribution in [2.75, 3.05) is 0 Å². The summed E-state index contributed by atoms with van der Waals surface area (Å²) in [4.78, 5) is 36.2. The van der Waals surface area contributed by atoms with Gasteiger partial charge >= 0.3 is 5.97 Å². The van der Waals surface area contributed by atoms with Crippen molar-refractivity contribution in [2.45, 2.75) is 45.6 Å². The summed E-state index contributed by atoms with van der Waals surface area (Å²) >= 11 is 1.57. The molecule has 1 aliphatic rings. The Morgan fingerprint density at radius 1 is 1.48 bits per heavy atom. The number of hydrogen-bond donors (Lipinski definition) is 1. The summed E-state index contributed by atoms with van der Waals surface area (Å²) < 4.78 is 1.35. The fraction of sp³-hybridized carbons (Fsp3) is 0.400. The number of hydrogen-bond acceptors (Lipinski definition) is 5. The van der Waals surface area contributed by atoms with Crippen molar-refractivity contribution < 1.29 is 9.90 Å². The van der Waals surface area contributed by atoms with E-state index in [1.807, 2.05) is 0 Å². The lowest BCUT2D eigenvalue weighted by Crippen LogP contribution is -2.32. The van der Waals surface area contributed by atoms with Gasteiger partial charge in [-0.25, -0.2) is 9.78 Å². The lowest BCUT2D eigenvalue weighted by Gasteiger charge is -2.19. The zero-order valence-corrected chi connectivity index (χ0v) is 16.1. The standard InChI is InChI=1S/C20H21N3O3S/c1-3-14(20(25)26)23-17(12-5-4-8-21-10-12)22-18-16(19(23)24)13-7-6-11(2)9-15(13)27-18/h4-5,8,10-11,14H,3,6-7,9H2,1-2H3,(H,25,26). The van der Waals surface area contributed by atoms with E-state index in [-0.39, 0.29) is 5.56 Å². The first-order valence-electron chi connectivity index (χ1n) is 9.21. The van der Waals surface area contributed by atoms with Crippen LogP contribution in [0.2, 0.25) is 0 Å². The molecule has 0 amide bonds. The van der Waals surface area contributed by atoms with Crippen molar-refractivity contribution in [2.24, 2.45) is 5.92 Å². The van der Waals surface area contributed by atoms with Gasteiger partial charge in [-0.1, -0.05) is 13.8 Å². The van der Waals surface area contributed by atoms with Crippen LogP contribution in [0, 0.1) is 5.92 Å². The third kappa shape index (κ3) is 2.96. The van der Waals surface area contributed by atoms with Crippen LogP contribution in [0.5, 0.6) is 0 Å². The third-order valence-corrected chi connectivity index (χ3v) is 6.41. The van der Waals surface area contributed by atoms with Gasteiger partial charge in [0.25, 0.3) is 5.56 Å². The first kappa shape index (κ1) is 17.9. The van der Waals surface area contributed by atoms with E-state index in [0.717, 1.165) is 24.8 Å². The van der Waals surface area contributed by atoms with Gasteiger partial charge in [0.1, 0.15) is 16.7 Å². The van der Waals surface area contributed by atoms with Gasteiger partial charge in [-0.05, 0) is 49.3 Å². The van der Waals surface area contributed by atoms with Gasteiger partial charge in [-0.2, -0.15) is 0 Å². The van der Waals surface area contributed by atoms with Crippen LogP contribution in [0.4, 0.5) is 0 Å². The SMILES string of the molecule is CCC(C(=O)O)n1c(-c2cccnc2)nc2sc3c(c2c1=O)CCC(C)C3. The molecule has 3 aromatic heterocycles. The summed E-state index contributed by atoms with van der Waals surface area (Å²) in [7, 11) is 0. The van der Waals surface area contributed by atoms with E-state index in [1.54, 1.807) is 42.8 Å². The second-order valence-electron chi connectivity index (χ2n) is 7.15. The lowest BCUT2D eigenvalue weighted by molar-refractivity contribution is -0.141. The van der Waals surface area contributed by atoms with Crippen molar-refractivity contribution in [3.05, 3.63) is 45.3 Å². The molecule has 1 N–H and O–H groups in total. The van der Waals surface area contributed by atoms with Gasteiger partial charge in [0.05, 0.1) is 5.39 Å². The van der Waals surface area contributed by atoms with Crippen LogP contribution < -0.4 is 5.56 Å². The molecule has 27 heavy (non-hydrogen) atoms. The molecule has 0 aromatic carbocycles. The molecule has 1 aliphatic carbocycles. The maximum atomic E-state index is 13.5. The Morgan fingerprint density at radius 2 is 2.30 bits per heavy atom. The molecular formula is C20H21N3O3S. The number of carboxylic acids is 1. The minimum absolute atomic E-state index is 0.250. The number of nitrogens with zero attached hydrogens (tertiary/aromatic N) is 3. The van der Waals surface area contributed by atoms with Crippen molar-refractivity contribution in [3.8, 4) is 11.4 Å². The Balaban J connectivity index is 2.06. The molecule has 0 bridgehead atoms. The van der Waals surface area contributed by atoms with E-state index in [9.17, 15) is 14.7 Å². The largest absolute Gasteiger partial charge is 0.480 e. The molecule has 6 nitrogen and oxygen atoms in total. The van der Waals surface area contributed by atoms with Crippen LogP contribution in [0.3, 0.4) is 0 Å². The second kappa shape index (κ2) is 6.88. The van der Waals surface area contributed by atoms with Crippen molar-refractivity contribution >= 4 is 27.5 Å². The predicted molar refractivity (Wildman–Crippen MR) is 105 cm³/mol. The van der Waals surface area contributed by atoms with Crippen LogP contribution in [-0.2, 0) is 17.6 Å². The fourth-order valence-corrected chi connectivity index (χ4v) is 5.23. The first-order chi connectivity index (χ1) is 13.0. The Bertz CT molecular complexity index is 1070. The second-order valence-corrected chi connectivity index (χ2v) is 8.23. The van der Waals surface area contributed by atoms with Gasteiger partial charge in [0.15, 0.2) is 0 Å². The van der Waals surface area contributed by atoms with E-state index in [2.05, 4.69) is 11.9 Å². The van der Waals surface area contributed by atoms with Crippen LogP contribution in [0.15, 0.2) is 29.3 Å². The number of aliphatic carboxylic acids is 1. The minimum Gasteiger partial charge on any atom is -0.480 e. The average Bonchev–Trinajstić information content (AvgIpc) is 3.02.